The molecule has 1 N–H and O–H groups in total. The number of esters is 1. The average molecular weight is 296 g/mol. The van der Waals surface area contributed by atoms with E-state index in [9.17, 15) is 9.59 Å². The first-order valence-corrected chi connectivity index (χ1v) is 7.14. The van der Waals surface area contributed by atoms with Crippen molar-refractivity contribution in [1.29, 1.82) is 0 Å². The highest BCUT2D eigenvalue weighted by atomic mass is 16.5. The lowest BCUT2D eigenvalue weighted by Crippen LogP contribution is -2.63. The van der Waals surface area contributed by atoms with Gasteiger partial charge in [0.05, 0.1) is 5.92 Å². The molecule has 1 fully saturated rings. The minimum atomic E-state index is -0.573. The van der Waals surface area contributed by atoms with Crippen molar-refractivity contribution in [3.05, 3.63) is 66.0 Å². The molecular weight excluding hydrogens is 280 g/mol. The number of benzene rings is 1. The van der Waals surface area contributed by atoms with E-state index in [1.807, 2.05) is 42.5 Å². The summed E-state index contributed by atoms with van der Waals surface area (Å²) in [6.45, 7) is 0.214. The maximum Gasteiger partial charge on any atom is 0.329 e. The molecule has 3 rings (SSSR count). The Hall–Kier alpha value is -2.69. The third-order valence-corrected chi connectivity index (χ3v) is 3.69. The molecule has 1 aromatic carbocycles. The van der Waals surface area contributed by atoms with Crippen LogP contribution in [0, 0.1) is 5.92 Å². The molecular formula is C17H16N2O3. The van der Waals surface area contributed by atoms with Crippen LogP contribution in [0.4, 0.5) is 0 Å². The van der Waals surface area contributed by atoms with E-state index in [4.69, 9.17) is 4.74 Å². The second kappa shape index (κ2) is 6.39. The SMILES string of the molecule is O=C(OCc1ccccc1)[C@H]1NC(=O)[C@@H]1Cc1cccnc1. The van der Waals surface area contributed by atoms with Gasteiger partial charge in [0, 0.05) is 12.4 Å². The lowest BCUT2D eigenvalue weighted by molar-refractivity contribution is -0.158. The smallest absolute Gasteiger partial charge is 0.329 e. The Balaban J connectivity index is 1.57. The van der Waals surface area contributed by atoms with Crippen LogP contribution in [0.2, 0.25) is 0 Å². The van der Waals surface area contributed by atoms with Gasteiger partial charge in [0.1, 0.15) is 12.6 Å². The number of β-lactam (4-membered cyclic amide) rings is 1. The van der Waals surface area contributed by atoms with Gasteiger partial charge in [-0.15, -0.1) is 0 Å². The van der Waals surface area contributed by atoms with E-state index >= 15 is 0 Å². The first kappa shape index (κ1) is 14.3. The summed E-state index contributed by atoms with van der Waals surface area (Å²) in [6.07, 6.45) is 3.87. The number of carbonyl (C=O) groups excluding carboxylic acids is 2. The van der Waals surface area contributed by atoms with Gasteiger partial charge in [0.15, 0.2) is 0 Å². The molecule has 2 aromatic rings. The van der Waals surface area contributed by atoms with Crippen LogP contribution >= 0.6 is 0 Å². The summed E-state index contributed by atoms with van der Waals surface area (Å²) in [5.41, 5.74) is 1.86. The monoisotopic (exact) mass is 296 g/mol. The number of ether oxygens (including phenoxy) is 1. The summed E-state index contributed by atoms with van der Waals surface area (Å²) < 4.78 is 5.28. The molecule has 1 amide bonds. The highest BCUT2D eigenvalue weighted by Crippen LogP contribution is 2.21. The first-order valence-electron chi connectivity index (χ1n) is 7.14. The largest absolute Gasteiger partial charge is 0.459 e. The minimum absolute atomic E-state index is 0.120. The molecule has 0 unspecified atom stereocenters. The molecule has 0 saturated carbocycles. The Morgan fingerprint density at radius 1 is 1.14 bits per heavy atom. The van der Waals surface area contributed by atoms with Crippen LogP contribution in [0.25, 0.3) is 0 Å². The van der Waals surface area contributed by atoms with Crippen molar-refractivity contribution in [3.8, 4) is 0 Å². The number of pyridine rings is 1. The van der Waals surface area contributed by atoms with E-state index < -0.39 is 12.0 Å². The van der Waals surface area contributed by atoms with Gasteiger partial charge >= 0.3 is 5.97 Å². The summed E-state index contributed by atoms with van der Waals surface area (Å²) in [5, 5.41) is 2.62. The van der Waals surface area contributed by atoms with E-state index in [1.165, 1.54) is 0 Å². The minimum Gasteiger partial charge on any atom is -0.459 e. The fraction of sp³-hybridized carbons (Fsp3) is 0.235. The summed E-state index contributed by atoms with van der Waals surface area (Å²) >= 11 is 0. The highest BCUT2D eigenvalue weighted by molar-refractivity contribution is 5.97. The van der Waals surface area contributed by atoms with E-state index in [0.29, 0.717) is 6.42 Å². The predicted octanol–water partition coefficient (Wildman–Crippen LogP) is 1.48. The van der Waals surface area contributed by atoms with E-state index in [2.05, 4.69) is 10.3 Å². The van der Waals surface area contributed by atoms with Gasteiger partial charge in [-0.2, -0.15) is 0 Å². The topological polar surface area (TPSA) is 68.3 Å². The van der Waals surface area contributed by atoms with Crippen molar-refractivity contribution in [2.45, 2.75) is 19.1 Å². The molecule has 0 radical (unpaired) electrons. The number of aromatic nitrogens is 1. The molecule has 0 aliphatic carbocycles. The normalized spacial score (nSPS) is 19.9. The van der Waals surface area contributed by atoms with Crippen LogP contribution in [0.3, 0.4) is 0 Å². The number of rotatable bonds is 5. The second-order valence-electron chi connectivity index (χ2n) is 5.25. The summed E-state index contributed by atoms with van der Waals surface area (Å²) in [5.74, 6) is -0.893. The van der Waals surface area contributed by atoms with Crippen molar-refractivity contribution in [1.82, 2.24) is 10.3 Å². The van der Waals surface area contributed by atoms with Crippen LogP contribution in [0.5, 0.6) is 0 Å². The molecule has 5 heteroatoms. The Morgan fingerprint density at radius 2 is 1.91 bits per heavy atom. The van der Waals surface area contributed by atoms with Gasteiger partial charge in [-0.05, 0) is 23.6 Å². The number of hydrogen-bond acceptors (Lipinski definition) is 4. The summed E-state index contributed by atoms with van der Waals surface area (Å²) in [4.78, 5) is 27.8. The molecule has 0 bridgehead atoms. The molecule has 1 saturated heterocycles. The number of nitrogens with zero attached hydrogens (tertiary/aromatic N) is 1. The number of nitrogens with one attached hydrogen (secondary N) is 1. The van der Waals surface area contributed by atoms with Crippen molar-refractivity contribution in [2.75, 3.05) is 0 Å². The van der Waals surface area contributed by atoms with Gasteiger partial charge in [-0.1, -0.05) is 36.4 Å². The van der Waals surface area contributed by atoms with Gasteiger partial charge in [0.25, 0.3) is 0 Å². The maximum atomic E-state index is 12.1. The molecule has 1 aliphatic heterocycles. The second-order valence-corrected chi connectivity index (χ2v) is 5.25. The zero-order chi connectivity index (χ0) is 15.4. The Kier molecular flexibility index (Phi) is 4.14. The van der Waals surface area contributed by atoms with Crippen LogP contribution in [0.15, 0.2) is 54.9 Å². The van der Waals surface area contributed by atoms with E-state index in [-0.39, 0.29) is 18.4 Å². The fourth-order valence-electron chi connectivity index (χ4n) is 2.44. The number of hydrogen-bond donors (Lipinski definition) is 1. The first-order chi connectivity index (χ1) is 10.7. The van der Waals surface area contributed by atoms with Gasteiger partial charge in [-0.25, -0.2) is 4.79 Å². The van der Waals surface area contributed by atoms with Crippen LogP contribution < -0.4 is 5.32 Å². The Labute approximate surface area is 128 Å². The zero-order valence-corrected chi connectivity index (χ0v) is 11.9. The van der Waals surface area contributed by atoms with Gasteiger partial charge in [-0.3, -0.25) is 9.78 Å². The molecule has 1 aromatic heterocycles. The van der Waals surface area contributed by atoms with Crippen molar-refractivity contribution < 1.29 is 14.3 Å². The van der Waals surface area contributed by atoms with Crippen molar-refractivity contribution in [2.24, 2.45) is 5.92 Å². The number of amides is 1. The molecule has 1 aliphatic rings. The molecule has 112 valence electrons. The lowest BCUT2D eigenvalue weighted by Gasteiger charge is -2.34. The molecule has 5 nitrogen and oxygen atoms in total. The zero-order valence-electron chi connectivity index (χ0n) is 11.9. The maximum absolute atomic E-state index is 12.1. The highest BCUT2D eigenvalue weighted by Gasteiger charge is 2.44. The predicted molar refractivity (Wildman–Crippen MR) is 79.6 cm³/mol. The van der Waals surface area contributed by atoms with Crippen LogP contribution in [-0.2, 0) is 27.4 Å². The van der Waals surface area contributed by atoms with E-state index in [1.54, 1.807) is 12.4 Å². The molecule has 2 heterocycles. The molecule has 22 heavy (non-hydrogen) atoms. The van der Waals surface area contributed by atoms with E-state index in [0.717, 1.165) is 11.1 Å². The summed E-state index contributed by atoms with van der Waals surface area (Å²) in [6, 6.07) is 12.6. The lowest BCUT2D eigenvalue weighted by atomic mass is 9.85. The third-order valence-electron chi connectivity index (χ3n) is 3.69. The standard InChI is InChI=1S/C17H16N2O3/c20-16-14(9-13-7-4-8-18-10-13)15(19-16)17(21)22-11-12-5-2-1-3-6-12/h1-8,10,14-15H,9,11H2,(H,19,20)/t14-,15+/m1/s1. The average Bonchev–Trinajstić information content (AvgIpc) is 2.57. The number of carbonyl (C=O) groups is 2. The quantitative estimate of drug-likeness (QED) is 0.670. The third kappa shape index (κ3) is 3.14. The summed E-state index contributed by atoms with van der Waals surface area (Å²) in [7, 11) is 0. The van der Waals surface area contributed by atoms with Crippen LogP contribution in [0.1, 0.15) is 11.1 Å². The van der Waals surface area contributed by atoms with Crippen molar-refractivity contribution >= 4 is 11.9 Å². The van der Waals surface area contributed by atoms with Crippen LogP contribution in [-0.4, -0.2) is 22.9 Å². The molecule has 0 spiro atoms. The molecule has 2 atom stereocenters. The Bertz CT molecular complexity index is 658. The van der Waals surface area contributed by atoms with Crippen molar-refractivity contribution in [3.63, 3.8) is 0 Å². The fourth-order valence-corrected chi connectivity index (χ4v) is 2.44. The van der Waals surface area contributed by atoms with Gasteiger partial charge < -0.3 is 10.1 Å². The van der Waals surface area contributed by atoms with Gasteiger partial charge in [0.2, 0.25) is 5.91 Å². The Morgan fingerprint density at radius 3 is 2.59 bits per heavy atom.